The zero-order chi connectivity index (χ0) is 14.3. The smallest absolute Gasteiger partial charge is 0.359 e. The Hall–Kier alpha value is -0.0500. The van der Waals surface area contributed by atoms with E-state index in [2.05, 4.69) is 0 Å². The van der Waals surface area contributed by atoms with Crippen LogP contribution in [-0.2, 0) is 4.57 Å². The van der Waals surface area contributed by atoms with Gasteiger partial charge in [0.05, 0.1) is 34.4 Å². The Bertz CT molecular complexity index is 233. The van der Waals surface area contributed by atoms with E-state index in [1.807, 2.05) is 0 Å². The lowest BCUT2D eigenvalue weighted by Gasteiger charge is -2.26. The van der Waals surface area contributed by atoms with Crippen LogP contribution in [0, 0.1) is 0 Å². The van der Waals surface area contributed by atoms with Crippen molar-refractivity contribution < 1.29 is 39.3 Å². The largest absolute Gasteiger partial charge is 0.394 e. The summed E-state index contributed by atoms with van der Waals surface area (Å²) in [6, 6.07) is 0. The normalized spacial score (nSPS) is 14.2. The van der Waals surface area contributed by atoms with E-state index in [9.17, 15) is 4.57 Å². The molecule has 0 heterocycles. The van der Waals surface area contributed by atoms with Crippen LogP contribution in [0.5, 0.6) is 0 Å². The lowest BCUT2D eigenvalue weighted by Crippen LogP contribution is -2.41. The van der Waals surface area contributed by atoms with Crippen molar-refractivity contribution in [3.05, 3.63) is 0 Å². The zero-order valence-electron chi connectivity index (χ0n) is 10.3. The standard InChI is InChI=1S/C5H14NO4P.C3H8O3/c1-6(2,3)4-5(7)11(8,9)10;4-1-3(6)2-5/h5,7H,4H2,1-3H3,(H-,8,9,10);3-6H,1-2H2/p+1. The van der Waals surface area contributed by atoms with Gasteiger partial charge >= 0.3 is 7.60 Å². The van der Waals surface area contributed by atoms with Crippen LogP contribution in [0.4, 0.5) is 0 Å². The lowest BCUT2D eigenvalue weighted by atomic mass is 10.4. The van der Waals surface area contributed by atoms with Gasteiger partial charge in [0.15, 0.2) is 0 Å². The highest BCUT2D eigenvalue weighted by Gasteiger charge is 2.31. The molecular weight excluding hydrogens is 253 g/mol. The van der Waals surface area contributed by atoms with Crippen LogP contribution in [0.25, 0.3) is 0 Å². The number of aliphatic hydroxyl groups is 4. The molecule has 9 heteroatoms. The van der Waals surface area contributed by atoms with E-state index in [0.29, 0.717) is 4.48 Å². The Kier molecular flexibility index (Phi) is 9.22. The van der Waals surface area contributed by atoms with E-state index in [-0.39, 0.29) is 19.8 Å². The van der Waals surface area contributed by atoms with Crippen molar-refractivity contribution in [2.24, 2.45) is 0 Å². The highest BCUT2D eigenvalue weighted by Crippen LogP contribution is 2.39. The monoisotopic (exact) mass is 276 g/mol. The summed E-state index contributed by atoms with van der Waals surface area (Å²) in [5, 5.41) is 33.0. The van der Waals surface area contributed by atoms with E-state index in [1.165, 1.54) is 0 Å². The molecule has 0 aromatic rings. The molecule has 106 valence electrons. The summed E-state index contributed by atoms with van der Waals surface area (Å²) in [6.07, 6.45) is -0.954. The van der Waals surface area contributed by atoms with Crippen LogP contribution in [0.15, 0.2) is 0 Å². The molecule has 0 radical (unpaired) electrons. The average molecular weight is 276 g/mol. The average Bonchev–Trinajstić information content (AvgIpc) is 2.13. The van der Waals surface area contributed by atoms with Crippen molar-refractivity contribution in [2.45, 2.75) is 11.9 Å². The first-order valence-electron chi connectivity index (χ1n) is 4.87. The van der Waals surface area contributed by atoms with Crippen LogP contribution in [0.2, 0.25) is 0 Å². The van der Waals surface area contributed by atoms with E-state index >= 15 is 0 Å². The minimum atomic E-state index is -4.31. The van der Waals surface area contributed by atoms with Crippen molar-refractivity contribution in [3.63, 3.8) is 0 Å². The fourth-order valence-corrected chi connectivity index (χ4v) is 1.36. The zero-order valence-corrected chi connectivity index (χ0v) is 11.2. The van der Waals surface area contributed by atoms with Crippen LogP contribution < -0.4 is 0 Å². The van der Waals surface area contributed by atoms with Crippen LogP contribution in [0.1, 0.15) is 0 Å². The second kappa shape index (κ2) is 8.12. The molecule has 1 unspecified atom stereocenters. The number of quaternary nitrogens is 1. The lowest BCUT2D eigenvalue weighted by molar-refractivity contribution is -0.872. The molecule has 8 nitrogen and oxygen atoms in total. The predicted molar refractivity (Wildman–Crippen MR) is 61.1 cm³/mol. The van der Waals surface area contributed by atoms with Crippen molar-refractivity contribution in [3.8, 4) is 0 Å². The van der Waals surface area contributed by atoms with E-state index in [4.69, 9.17) is 30.2 Å². The van der Waals surface area contributed by atoms with E-state index < -0.39 is 19.5 Å². The topological polar surface area (TPSA) is 138 Å². The van der Waals surface area contributed by atoms with E-state index in [0.717, 1.165) is 0 Å². The number of aliphatic hydroxyl groups excluding tert-OH is 4. The van der Waals surface area contributed by atoms with Crippen molar-refractivity contribution >= 4 is 7.60 Å². The summed E-state index contributed by atoms with van der Waals surface area (Å²) in [4.78, 5) is 17.0. The SMILES string of the molecule is C[N+](C)(C)CC(O)P(=O)(O)O.OCC(O)CO. The third-order valence-electron chi connectivity index (χ3n) is 1.52. The molecule has 0 amide bonds. The Labute approximate surface area is 100 Å². The van der Waals surface area contributed by atoms with Gasteiger partial charge in [0.2, 0.25) is 5.85 Å². The van der Waals surface area contributed by atoms with Gasteiger partial charge in [-0.1, -0.05) is 0 Å². The molecule has 6 N–H and O–H groups in total. The number of nitrogens with zero attached hydrogens (tertiary/aromatic N) is 1. The van der Waals surface area contributed by atoms with Gasteiger partial charge in [-0.15, -0.1) is 0 Å². The highest BCUT2D eigenvalue weighted by molar-refractivity contribution is 7.52. The Morgan fingerprint density at radius 2 is 1.41 bits per heavy atom. The third kappa shape index (κ3) is 13.9. The van der Waals surface area contributed by atoms with Crippen LogP contribution in [-0.4, -0.2) is 87.5 Å². The fourth-order valence-electron chi connectivity index (χ4n) is 0.654. The molecule has 1 atom stereocenters. The maximum absolute atomic E-state index is 10.4. The summed E-state index contributed by atoms with van der Waals surface area (Å²) in [7, 11) is 0.933. The molecule has 17 heavy (non-hydrogen) atoms. The Balaban J connectivity index is 0. The molecule has 0 spiro atoms. The van der Waals surface area contributed by atoms with E-state index in [1.54, 1.807) is 21.1 Å². The summed E-state index contributed by atoms with van der Waals surface area (Å²) in [6.45, 7) is -0.683. The van der Waals surface area contributed by atoms with Gasteiger partial charge in [0.25, 0.3) is 0 Å². The predicted octanol–water partition coefficient (Wildman–Crippen LogP) is -2.48. The summed E-state index contributed by atoms with van der Waals surface area (Å²) in [5.74, 6) is -1.55. The first-order chi connectivity index (χ1) is 7.44. The third-order valence-corrected chi connectivity index (χ3v) is 2.46. The first-order valence-corrected chi connectivity index (χ1v) is 6.55. The van der Waals surface area contributed by atoms with Gasteiger partial charge in [-0.25, -0.2) is 0 Å². The number of rotatable bonds is 5. The number of likely N-dealkylation sites (N-methyl/N-ethyl adjacent to an activating group) is 1. The summed E-state index contributed by atoms with van der Waals surface area (Å²) >= 11 is 0. The second-order valence-corrected chi connectivity index (χ2v) is 6.34. The molecule has 0 rings (SSSR count). The Morgan fingerprint density at radius 3 is 1.47 bits per heavy atom. The molecule has 0 saturated carbocycles. The molecule has 0 aliphatic carbocycles. The van der Waals surface area contributed by atoms with Crippen LogP contribution in [0.3, 0.4) is 0 Å². The Morgan fingerprint density at radius 1 is 1.06 bits per heavy atom. The molecule has 0 fully saturated rings. The molecule has 0 aliphatic heterocycles. The summed E-state index contributed by atoms with van der Waals surface area (Å²) in [5.41, 5.74) is 0. The fraction of sp³-hybridized carbons (Fsp3) is 1.00. The number of hydrogen-bond donors (Lipinski definition) is 6. The first kappa shape index (κ1) is 19.3. The highest BCUT2D eigenvalue weighted by atomic mass is 31.2. The van der Waals surface area contributed by atoms with Crippen LogP contribution >= 0.6 is 7.60 Å². The van der Waals surface area contributed by atoms with Gasteiger partial charge in [0, 0.05) is 0 Å². The molecular formula is C8H23NO7P+. The van der Waals surface area contributed by atoms with Gasteiger partial charge in [0.1, 0.15) is 12.6 Å². The minimum Gasteiger partial charge on any atom is -0.394 e. The van der Waals surface area contributed by atoms with Gasteiger partial charge in [-0.2, -0.15) is 0 Å². The molecule has 0 aromatic carbocycles. The van der Waals surface area contributed by atoms with Crippen molar-refractivity contribution in [2.75, 3.05) is 40.9 Å². The number of hydrogen-bond acceptors (Lipinski definition) is 5. The quantitative estimate of drug-likeness (QED) is 0.241. The van der Waals surface area contributed by atoms with Gasteiger partial charge < -0.3 is 34.7 Å². The van der Waals surface area contributed by atoms with Crippen molar-refractivity contribution in [1.82, 2.24) is 0 Å². The summed E-state index contributed by atoms with van der Waals surface area (Å²) < 4.78 is 10.8. The van der Waals surface area contributed by atoms with Crippen molar-refractivity contribution in [1.29, 1.82) is 0 Å². The molecule has 0 aliphatic rings. The molecule has 0 bridgehead atoms. The maximum atomic E-state index is 10.4. The van der Waals surface area contributed by atoms with Gasteiger partial charge in [-0.05, 0) is 0 Å². The minimum absolute atomic E-state index is 0.0459. The molecule has 0 saturated heterocycles. The maximum Gasteiger partial charge on any atom is 0.359 e. The van der Waals surface area contributed by atoms with Gasteiger partial charge in [-0.3, -0.25) is 4.57 Å². The molecule has 0 aromatic heterocycles. The second-order valence-electron chi connectivity index (χ2n) is 4.56.